The summed E-state index contributed by atoms with van der Waals surface area (Å²) in [6.07, 6.45) is 8.90. The first-order valence-electron chi connectivity index (χ1n) is 22.4. The Bertz CT molecular complexity index is 3250. The van der Waals surface area contributed by atoms with Gasteiger partial charge in [0.1, 0.15) is 0 Å². The summed E-state index contributed by atoms with van der Waals surface area (Å²) in [5.74, 6) is 0. The van der Waals surface area contributed by atoms with Crippen LogP contribution in [0.4, 0.5) is 17.1 Å². The molecule has 12 rings (SSSR count). The fourth-order valence-electron chi connectivity index (χ4n) is 11.4. The van der Waals surface area contributed by atoms with Gasteiger partial charge in [0.2, 0.25) is 0 Å². The summed E-state index contributed by atoms with van der Waals surface area (Å²) in [6.45, 7) is 4.75. The molecule has 0 fully saturated rings. The lowest BCUT2D eigenvalue weighted by molar-refractivity contribution is 0.660. The molecule has 0 spiro atoms. The highest BCUT2D eigenvalue weighted by atomic mass is 15.1. The molecule has 0 aliphatic heterocycles. The van der Waals surface area contributed by atoms with Gasteiger partial charge < -0.3 is 4.90 Å². The Morgan fingerprint density at radius 1 is 0.444 bits per heavy atom. The van der Waals surface area contributed by atoms with Gasteiger partial charge in [-0.25, -0.2) is 0 Å². The predicted octanol–water partition coefficient (Wildman–Crippen LogP) is 16.4. The molecule has 9 aromatic carbocycles. The summed E-state index contributed by atoms with van der Waals surface area (Å²) in [5.41, 5.74) is 21.3. The van der Waals surface area contributed by atoms with E-state index >= 15 is 0 Å². The number of hydrogen-bond acceptors (Lipinski definition) is 1. The largest absolute Gasteiger partial charge is 0.309 e. The zero-order valence-electron chi connectivity index (χ0n) is 35.7. The van der Waals surface area contributed by atoms with Crippen LogP contribution < -0.4 is 4.90 Å². The van der Waals surface area contributed by atoms with Gasteiger partial charge in [-0.1, -0.05) is 208 Å². The smallest absolute Gasteiger partial charge is 0.0713 e. The van der Waals surface area contributed by atoms with Crippen molar-refractivity contribution in [2.75, 3.05) is 4.90 Å². The van der Waals surface area contributed by atoms with Crippen molar-refractivity contribution in [3.05, 3.63) is 263 Å². The SMILES string of the molecule is CC1(C)c2ccccc2-c2c(N(c3ccc(-c4ccc5c(c4)-c4ccccc4C5(c4ccccc4)c4ccccc4)cc3)c3ccc4ccccc4c3C3=CC=CCC3)cccc21. The fraction of sp³-hybridized carbons (Fsp3) is 0.0968. The van der Waals surface area contributed by atoms with Crippen molar-refractivity contribution in [3.8, 4) is 33.4 Å². The molecular formula is C62H47N. The third-order valence-electron chi connectivity index (χ3n) is 14.2. The molecule has 0 N–H and O–H groups in total. The van der Waals surface area contributed by atoms with Crippen LogP contribution in [0.3, 0.4) is 0 Å². The second-order valence-electron chi connectivity index (χ2n) is 17.9. The van der Waals surface area contributed by atoms with Gasteiger partial charge in [-0.2, -0.15) is 0 Å². The van der Waals surface area contributed by atoms with E-state index in [4.69, 9.17) is 0 Å². The predicted molar refractivity (Wildman–Crippen MR) is 265 cm³/mol. The van der Waals surface area contributed by atoms with E-state index < -0.39 is 5.41 Å². The minimum absolute atomic E-state index is 0.120. The number of benzene rings is 9. The molecule has 0 amide bonds. The van der Waals surface area contributed by atoms with Gasteiger partial charge in [-0.15, -0.1) is 0 Å². The van der Waals surface area contributed by atoms with Crippen LogP contribution in [0.2, 0.25) is 0 Å². The molecule has 0 aromatic heterocycles. The maximum absolute atomic E-state index is 2.55. The van der Waals surface area contributed by atoms with Crippen LogP contribution in [0.15, 0.2) is 224 Å². The van der Waals surface area contributed by atoms with E-state index in [2.05, 4.69) is 243 Å². The number of rotatable bonds is 7. The average molecular weight is 806 g/mol. The van der Waals surface area contributed by atoms with Crippen molar-refractivity contribution < 1.29 is 0 Å². The average Bonchev–Trinajstić information content (AvgIpc) is 3.78. The lowest BCUT2D eigenvalue weighted by Gasteiger charge is -2.33. The molecule has 1 heteroatoms. The molecule has 1 nitrogen and oxygen atoms in total. The monoisotopic (exact) mass is 805 g/mol. The minimum atomic E-state index is -0.415. The van der Waals surface area contributed by atoms with Crippen molar-refractivity contribution in [2.24, 2.45) is 0 Å². The third kappa shape index (κ3) is 5.62. The van der Waals surface area contributed by atoms with E-state index in [0.29, 0.717) is 0 Å². The highest BCUT2D eigenvalue weighted by Crippen LogP contribution is 2.58. The van der Waals surface area contributed by atoms with Crippen LogP contribution in [0.5, 0.6) is 0 Å². The summed E-state index contributed by atoms with van der Waals surface area (Å²) >= 11 is 0. The molecule has 0 saturated carbocycles. The van der Waals surface area contributed by atoms with Crippen molar-refractivity contribution in [1.29, 1.82) is 0 Å². The molecule has 0 saturated heterocycles. The zero-order valence-corrected chi connectivity index (χ0v) is 35.7. The highest BCUT2D eigenvalue weighted by Gasteiger charge is 2.46. The Hall–Kier alpha value is -7.48. The van der Waals surface area contributed by atoms with Gasteiger partial charge in [0.05, 0.1) is 16.8 Å². The molecule has 0 bridgehead atoms. The van der Waals surface area contributed by atoms with Gasteiger partial charge >= 0.3 is 0 Å². The van der Waals surface area contributed by atoms with Crippen LogP contribution in [0, 0.1) is 0 Å². The fourth-order valence-corrected chi connectivity index (χ4v) is 11.4. The van der Waals surface area contributed by atoms with E-state index in [1.165, 1.54) is 100 Å². The van der Waals surface area contributed by atoms with Gasteiger partial charge in [0, 0.05) is 22.2 Å². The molecule has 3 aliphatic rings. The Kier molecular flexibility index (Phi) is 8.63. The van der Waals surface area contributed by atoms with Crippen LogP contribution in [-0.2, 0) is 10.8 Å². The van der Waals surface area contributed by atoms with Crippen LogP contribution in [-0.4, -0.2) is 0 Å². The Morgan fingerprint density at radius 3 is 1.81 bits per heavy atom. The quantitative estimate of drug-likeness (QED) is 0.155. The van der Waals surface area contributed by atoms with E-state index in [1.54, 1.807) is 0 Å². The summed E-state index contributed by atoms with van der Waals surface area (Å²) in [6, 6.07) is 77.2. The second-order valence-corrected chi connectivity index (χ2v) is 17.9. The lowest BCUT2D eigenvalue weighted by Crippen LogP contribution is -2.28. The number of allylic oxidation sites excluding steroid dienone is 4. The van der Waals surface area contributed by atoms with E-state index in [-0.39, 0.29) is 5.41 Å². The first-order chi connectivity index (χ1) is 31.0. The van der Waals surface area contributed by atoms with Gasteiger partial charge in [0.15, 0.2) is 0 Å². The van der Waals surface area contributed by atoms with Gasteiger partial charge in [-0.3, -0.25) is 0 Å². The second kappa shape index (κ2) is 14.6. The summed E-state index contributed by atoms with van der Waals surface area (Å²) in [7, 11) is 0. The topological polar surface area (TPSA) is 3.24 Å². The van der Waals surface area contributed by atoms with E-state index in [1.807, 2.05) is 0 Å². The molecule has 0 atom stereocenters. The van der Waals surface area contributed by atoms with E-state index in [0.717, 1.165) is 18.5 Å². The Labute approximate surface area is 371 Å². The maximum Gasteiger partial charge on any atom is 0.0713 e. The normalized spacial score (nSPS) is 15.0. The van der Waals surface area contributed by atoms with Crippen molar-refractivity contribution in [2.45, 2.75) is 37.5 Å². The summed E-state index contributed by atoms with van der Waals surface area (Å²) in [5, 5.41) is 2.54. The molecule has 63 heavy (non-hydrogen) atoms. The molecule has 0 unspecified atom stereocenters. The molecule has 3 aliphatic carbocycles. The molecule has 9 aromatic rings. The third-order valence-corrected chi connectivity index (χ3v) is 14.2. The number of anilines is 3. The molecule has 300 valence electrons. The lowest BCUT2D eigenvalue weighted by atomic mass is 9.67. The molecule has 0 heterocycles. The van der Waals surface area contributed by atoms with Crippen LogP contribution >= 0.6 is 0 Å². The highest BCUT2D eigenvalue weighted by molar-refractivity contribution is 6.04. The zero-order chi connectivity index (χ0) is 42.1. The Morgan fingerprint density at radius 2 is 1.06 bits per heavy atom. The summed E-state index contributed by atoms with van der Waals surface area (Å²) < 4.78 is 0. The first kappa shape index (κ1) is 37.3. The molecule has 0 radical (unpaired) electrons. The maximum atomic E-state index is 2.55. The van der Waals surface area contributed by atoms with Gasteiger partial charge in [0.25, 0.3) is 0 Å². The van der Waals surface area contributed by atoms with E-state index in [9.17, 15) is 0 Å². The minimum Gasteiger partial charge on any atom is -0.309 e. The standard InChI is InChI=1S/C62H47N/c1-61(2)53-29-16-15-28-51(53)60-56(61)31-18-32-57(60)63(58-40-36-43-19-12-13-26-49(43)59(58)44-20-6-3-7-21-44)48-37-33-42(34-38-48)45-35-39-55-52(41-45)50-27-14-17-30-54(50)62(55,46-22-8-4-9-23-46)47-24-10-5-11-25-47/h3-6,8-20,22-41H,7,21H2,1-2H3. The van der Waals surface area contributed by atoms with Gasteiger partial charge in [-0.05, 0) is 121 Å². The number of nitrogens with zero attached hydrogens (tertiary/aromatic N) is 1. The molecular weight excluding hydrogens is 759 g/mol. The first-order valence-corrected chi connectivity index (χ1v) is 22.4. The van der Waals surface area contributed by atoms with Crippen molar-refractivity contribution in [3.63, 3.8) is 0 Å². The van der Waals surface area contributed by atoms with Crippen LogP contribution in [0.1, 0.15) is 65.6 Å². The van der Waals surface area contributed by atoms with Crippen molar-refractivity contribution >= 4 is 33.4 Å². The Balaban J connectivity index is 1.05. The van der Waals surface area contributed by atoms with Crippen molar-refractivity contribution in [1.82, 2.24) is 0 Å². The summed E-state index contributed by atoms with van der Waals surface area (Å²) in [4.78, 5) is 2.55. The number of hydrogen-bond donors (Lipinski definition) is 0. The number of fused-ring (bicyclic) bond motifs is 7. The van der Waals surface area contributed by atoms with Crippen LogP contribution in [0.25, 0.3) is 49.7 Å².